The molecule has 94 valence electrons. The van der Waals surface area contributed by atoms with Crippen LogP contribution in [-0.4, -0.2) is 30.1 Å². The quantitative estimate of drug-likeness (QED) is 0.781. The summed E-state index contributed by atoms with van der Waals surface area (Å²) in [6.45, 7) is 8.23. The van der Waals surface area contributed by atoms with Gasteiger partial charge in [0.15, 0.2) is 0 Å². The Kier molecular flexibility index (Phi) is 3.91. The van der Waals surface area contributed by atoms with Crippen LogP contribution in [0.25, 0.3) is 0 Å². The lowest BCUT2D eigenvalue weighted by Gasteiger charge is -2.52. The van der Waals surface area contributed by atoms with Gasteiger partial charge in [0.05, 0.1) is 0 Å². The van der Waals surface area contributed by atoms with E-state index in [4.69, 9.17) is 5.73 Å². The van der Waals surface area contributed by atoms with Gasteiger partial charge >= 0.3 is 0 Å². The SMILES string of the molecule is CC1CCN(C2(CN)CCCCC2C)CC1. The van der Waals surface area contributed by atoms with E-state index in [0.717, 1.165) is 18.4 Å². The van der Waals surface area contributed by atoms with Crippen LogP contribution >= 0.6 is 0 Å². The van der Waals surface area contributed by atoms with Gasteiger partial charge in [-0.05, 0) is 50.6 Å². The van der Waals surface area contributed by atoms with E-state index in [1.807, 2.05) is 0 Å². The molecule has 2 heteroatoms. The van der Waals surface area contributed by atoms with E-state index in [1.165, 1.54) is 51.6 Å². The summed E-state index contributed by atoms with van der Waals surface area (Å²) < 4.78 is 0. The van der Waals surface area contributed by atoms with Crippen LogP contribution in [-0.2, 0) is 0 Å². The van der Waals surface area contributed by atoms with Crippen molar-refractivity contribution in [2.24, 2.45) is 17.6 Å². The Morgan fingerprint density at radius 1 is 1.12 bits per heavy atom. The van der Waals surface area contributed by atoms with Crippen LogP contribution in [0.2, 0.25) is 0 Å². The van der Waals surface area contributed by atoms with E-state index in [2.05, 4.69) is 18.7 Å². The topological polar surface area (TPSA) is 29.3 Å². The zero-order chi connectivity index (χ0) is 11.6. The van der Waals surface area contributed by atoms with Crippen molar-refractivity contribution in [2.45, 2.75) is 57.9 Å². The molecule has 2 aliphatic rings. The fourth-order valence-electron chi connectivity index (χ4n) is 3.75. The molecule has 16 heavy (non-hydrogen) atoms. The van der Waals surface area contributed by atoms with Crippen LogP contribution in [0.5, 0.6) is 0 Å². The Hall–Kier alpha value is -0.0800. The highest BCUT2D eigenvalue weighted by Gasteiger charge is 2.42. The second kappa shape index (κ2) is 5.05. The molecule has 2 unspecified atom stereocenters. The summed E-state index contributed by atoms with van der Waals surface area (Å²) in [7, 11) is 0. The van der Waals surface area contributed by atoms with Gasteiger partial charge in [-0.25, -0.2) is 0 Å². The zero-order valence-electron chi connectivity index (χ0n) is 11.0. The first-order valence-corrected chi connectivity index (χ1v) is 7.14. The van der Waals surface area contributed by atoms with E-state index in [9.17, 15) is 0 Å². The number of hydrogen-bond donors (Lipinski definition) is 1. The summed E-state index contributed by atoms with van der Waals surface area (Å²) in [5.74, 6) is 1.71. The monoisotopic (exact) mass is 224 g/mol. The van der Waals surface area contributed by atoms with Gasteiger partial charge in [0.2, 0.25) is 0 Å². The molecule has 0 amide bonds. The fraction of sp³-hybridized carbons (Fsp3) is 1.00. The molecule has 1 aliphatic heterocycles. The average Bonchev–Trinajstić information content (AvgIpc) is 2.31. The Balaban J connectivity index is 2.07. The summed E-state index contributed by atoms with van der Waals surface area (Å²) in [6, 6.07) is 0. The van der Waals surface area contributed by atoms with Crippen molar-refractivity contribution < 1.29 is 0 Å². The summed E-state index contributed by atoms with van der Waals surface area (Å²) in [5, 5.41) is 0. The summed E-state index contributed by atoms with van der Waals surface area (Å²) >= 11 is 0. The van der Waals surface area contributed by atoms with Gasteiger partial charge in [0, 0.05) is 12.1 Å². The highest BCUT2D eigenvalue weighted by atomic mass is 15.2. The third kappa shape index (κ3) is 2.14. The Labute approximate surface area is 101 Å². The van der Waals surface area contributed by atoms with E-state index in [1.54, 1.807) is 0 Å². The number of likely N-dealkylation sites (tertiary alicyclic amines) is 1. The molecular weight excluding hydrogens is 196 g/mol. The Bertz CT molecular complexity index is 221. The predicted octanol–water partition coefficient (Wildman–Crippen LogP) is 2.63. The molecule has 0 aromatic carbocycles. The van der Waals surface area contributed by atoms with Gasteiger partial charge in [-0.2, -0.15) is 0 Å². The minimum atomic E-state index is 0.346. The van der Waals surface area contributed by atoms with Crippen LogP contribution in [0, 0.1) is 11.8 Å². The van der Waals surface area contributed by atoms with Crippen LogP contribution in [0.1, 0.15) is 52.4 Å². The molecule has 2 N–H and O–H groups in total. The van der Waals surface area contributed by atoms with E-state index >= 15 is 0 Å². The second-order valence-electron chi connectivity index (χ2n) is 6.12. The molecule has 2 atom stereocenters. The van der Waals surface area contributed by atoms with Crippen LogP contribution in [0.15, 0.2) is 0 Å². The molecule has 0 aromatic rings. The highest BCUT2D eigenvalue weighted by Crippen LogP contribution is 2.39. The first kappa shape index (κ1) is 12.4. The van der Waals surface area contributed by atoms with Crippen molar-refractivity contribution >= 4 is 0 Å². The Morgan fingerprint density at radius 3 is 2.38 bits per heavy atom. The van der Waals surface area contributed by atoms with Crippen LogP contribution < -0.4 is 5.73 Å². The number of piperidine rings is 1. The lowest BCUT2D eigenvalue weighted by Crippen LogP contribution is -2.60. The average molecular weight is 224 g/mol. The van der Waals surface area contributed by atoms with E-state index in [0.29, 0.717) is 5.54 Å². The zero-order valence-corrected chi connectivity index (χ0v) is 11.0. The number of hydrogen-bond acceptors (Lipinski definition) is 2. The van der Waals surface area contributed by atoms with Gasteiger partial charge in [0.25, 0.3) is 0 Å². The summed E-state index contributed by atoms with van der Waals surface area (Å²) in [6.07, 6.45) is 8.24. The molecule has 1 heterocycles. The van der Waals surface area contributed by atoms with Crippen molar-refractivity contribution in [3.8, 4) is 0 Å². The third-order valence-electron chi connectivity index (χ3n) is 5.18. The first-order chi connectivity index (χ1) is 7.69. The smallest absolute Gasteiger partial charge is 0.0357 e. The molecule has 2 rings (SSSR count). The molecule has 1 aliphatic carbocycles. The largest absolute Gasteiger partial charge is 0.329 e. The molecule has 2 nitrogen and oxygen atoms in total. The van der Waals surface area contributed by atoms with Gasteiger partial charge in [-0.3, -0.25) is 4.90 Å². The minimum Gasteiger partial charge on any atom is -0.329 e. The second-order valence-corrected chi connectivity index (χ2v) is 6.12. The third-order valence-corrected chi connectivity index (χ3v) is 5.18. The molecule has 0 aromatic heterocycles. The predicted molar refractivity (Wildman–Crippen MR) is 69.4 cm³/mol. The summed E-state index contributed by atoms with van der Waals surface area (Å²) in [4.78, 5) is 2.73. The van der Waals surface area contributed by atoms with E-state index in [-0.39, 0.29) is 0 Å². The maximum Gasteiger partial charge on any atom is 0.0357 e. The maximum absolute atomic E-state index is 6.15. The van der Waals surface area contributed by atoms with Crippen molar-refractivity contribution in [1.82, 2.24) is 4.90 Å². The fourth-order valence-corrected chi connectivity index (χ4v) is 3.75. The molecule has 2 fully saturated rings. The highest BCUT2D eigenvalue weighted by molar-refractivity contribution is 4.99. The van der Waals surface area contributed by atoms with Crippen molar-refractivity contribution in [2.75, 3.05) is 19.6 Å². The van der Waals surface area contributed by atoms with Crippen LogP contribution in [0.4, 0.5) is 0 Å². The minimum absolute atomic E-state index is 0.346. The summed E-state index contributed by atoms with van der Waals surface area (Å²) in [5.41, 5.74) is 6.50. The number of nitrogens with two attached hydrogens (primary N) is 1. The molecule has 0 bridgehead atoms. The number of nitrogens with zero attached hydrogens (tertiary/aromatic N) is 1. The van der Waals surface area contributed by atoms with Crippen molar-refractivity contribution in [1.29, 1.82) is 0 Å². The van der Waals surface area contributed by atoms with Gasteiger partial charge in [-0.1, -0.05) is 26.7 Å². The van der Waals surface area contributed by atoms with Gasteiger partial charge < -0.3 is 5.73 Å². The van der Waals surface area contributed by atoms with E-state index < -0.39 is 0 Å². The molecule has 0 spiro atoms. The molecule has 1 saturated carbocycles. The number of rotatable bonds is 2. The normalized spacial score (nSPS) is 38.8. The van der Waals surface area contributed by atoms with Crippen molar-refractivity contribution in [3.63, 3.8) is 0 Å². The maximum atomic E-state index is 6.15. The first-order valence-electron chi connectivity index (χ1n) is 7.14. The molecule has 1 saturated heterocycles. The lowest BCUT2D eigenvalue weighted by molar-refractivity contribution is -0.00806. The molecule has 0 radical (unpaired) electrons. The van der Waals surface area contributed by atoms with Gasteiger partial charge in [-0.15, -0.1) is 0 Å². The standard InChI is InChI=1S/C14H28N2/c1-12-6-9-16(10-7-12)14(11-15)8-4-3-5-13(14)2/h12-13H,3-11,15H2,1-2H3. The lowest BCUT2D eigenvalue weighted by atomic mass is 9.71. The van der Waals surface area contributed by atoms with Crippen molar-refractivity contribution in [3.05, 3.63) is 0 Å². The van der Waals surface area contributed by atoms with Gasteiger partial charge in [0.1, 0.15) is 0 Å². The van der Waals surface area contributed by atoms with Crippen LogP contribution in [0.3, 0.4) is 0 Å². The Morgan fingerprint density at radius 2 is 1.81 bits per heavy atom. The molecular formula is C14H28N2.